The van der Waals surface area contributed by atoms with Crippen molar-refractivity contribution in [1.82, 2.24) is 10.2 Å². The second kappa shape index (κ2) is 6.34. The summed E-state index contributed by atoms with van der Waals surface area (Å²) in [6, 6.07) is 6.00. The van der Waals surface area contributed by atoms with E-state index in [1.54, 1.807) is 4.90 Å². The molecular formula is C18H25N3O3. The Kier molecular flexibility index (Phi) is 4.39. The molecule has 1 fully saturated rings. The number of piperazine rings is 1. The minimum Gasteiger partial charge on any atom is -0.444 e. The maximum atomic E-state index is 12.1. The summed E-state index contributed by atoms with van der Waals surface area (Å²) in [6.45, 7) is 9.16. The Balaban J connectivity index is 1.63. The van der Waals surface area contributed by atoms with Gasteiger partial charge < -0.3 is 19.9 Å². The second-order valence-electron chi connectivity index (χ2n) is 7.30. The van der Waals surface area contributed by atoms with E-state index >= 15 is 0 Å². The molecular weight excluding hydrogens is 306 g/mol. The minimum absolute atomic E-state index is 0.0116. The molecule has 0 bridgehead atoms. The van der Waals surface area contributed by atoms with Gasteiger partial charge in [0, 0.05) is 44.0 Å². The molecule has 0 radical (unpaired) electrons. The van der Waals surface area contributed by atoms with Crippen LogP contribution in [-0.2, 0) is 11.2 Å². The zero-order chi connectivity index (χ0) is 17.3. The topological polar surface area (TPSA) is 61.9 Å². The van der Waals surface area contributed by atoms with E-state index in [-0.39, 0.29) is 12.0 Å². The van der Waals surface area contributed by atoms with Crippen LogP contribution < -0.4 is 10.2 Å². The van der Waals surface area contributed by atoms with Crippen molar-refractivity contribution in [2.45, 2.75) is 32.8 Å². The zero-order valence-electron chi connectivity index (χ0n) is 14.6. The van der Waals surface area contributed by atoms with Gasteiger partial charge >= 0.3 is 6.09 Å². The van der Waals surface area contributed by atoms with Gasteiger partial charge in [0.1, 0.15) is 5.60 Å². The molecule has 0 unspecified atom stereocenters. The van der Waals surface area contributed by atoms with E-state index in [1.165, 1.54) is 0 Å². The molecule has 1 aromatic rings. The Morgan fingerprint density at radius 2 is 1.88 bits per heavy atom. The Morgan fingerprint density at radius 3 is 2.54 bits per heavy atom. The SMILES string of the molecule is CC(C)(C)OC(=O)N1CCN(c2ccc3c(c2)CCNC3=O)CC1. The molecule has 6 heteroatoms. The first kappa shape index (κ1) is 16.6. The van der Waals surface area contributed by atoms with Crippen molar-refractivity contribution in [3.63, 3.8) is 0 Å². The fourth-order valence-corrected chi connectivity index (χ4v) is 3.08. The highest BCUT2D eigenvalue weighted by atomic mass is 16.6. The lowest BCUT2D eigenvalue weighted by Crippen LogP contribution is -2.50. The quantitative estimate of drug-likeness (QED) is 0.855. The molecule has 6 nitrogen and oxygen atoms in total. The molecule has 0 spiro atoms. The number of benzene rings is 1. The molecule has 2 heterocycles. The average molecular weight is 331 g/mol. The molecule has 2 aliphatic heterocycles. The second-order valence-corrected chi connectivity index (χ2v) is 7.30. The summed E-state index contributed by atoms with van der Waals surface area (Å²) in [5.74, 6) is 0.0116. The Bertz CT molecular complexity index is 643. The van der Waals surface area contributed by atoms with Crippen molar-refractivity contribution >= 4 is 17.7 Å². The highest BCUT2D eigenvalue weighted by Gasteiger charge is 2.26. The highest BCUT2D eigenvalue weighted by Crippen LogP contribution is 2.23. The van der Waals surface area contributed by atoms with Crippen molar-refractivity contribution in [3.05, 3.63) is 29.3 Å². The number of nitrogens with zero attached hydrogens (tertiary/aromatic N) is 2. The fourth-order valence-electron chi connectivity index (χ4n) is 3.08. The van der Waals surface area contributed by atoms with Crippen LogP contribution in [0.4, 0.5) is 10.5 Å². The van der Waals surface area contributed by atoms with Crippen LogP contribution in [0.25, 0.3) is 0 Å². The van der Waals surface area contributed by atoms with Crippen LogP contribution in [0.2, 0.25) is 0 Å². The van der Waals surface area contributed by atoms with Crippen molar-refractivity contribution in [2.24, 2.45) is 0 Å². The maximum absolute atomic E-state index is 12.1. The third-order valence-electron chi connectivity index (χ3n) is 4.31. The number of hydrogen-bond acceptors (Lipinski definition) is 4. The van der Waals surface area contributed by atoms with Gasteiger partial charge in [-0.15, -0.1) is 0 Å². The predicted molar refractivity (Wildman–Crippen MR) is 92.5 cm³/mol. The van der Waals surface area contributed by atoms with Crippen LogP contribution in [0, 0.1) is 0 Å². The number of nitrogens with one attached hydrogen (secondary N) is 1. The molecule has 1 aromatic carbocycles. The van der Waals surface area contributed by atoms with Gasteiger partial charge in [0.25, 0.3) is 5.91 Å². The van der Waals surface area contributed by atoms with Crippen molar-refractivity contribution in [2.75, 3.05) is 37.6 Å². The summed E-state index contributed by atoms with van der Waals surface area (Å²) in [4.78, 5) is 28.0. The average Bonchev–Trinajstić information content (AvgIpc) is 2.53. The first-order chi connectivity index (χ1) is 11.3. The van der Waals surface area contributed by atoms with E-state index in [9.17, 15) is 9.59 Å². The number of ether oxygens (including phenoxy) is 1. The first-order valence-corrected chi connectivity index (χ1v) is 8.47. The third kappa shape index (κ3) is 3.63. The summed E-state index contributed by atoms with van der Waals surface area (Å²) in [5, 5.41) is 2.86. The van der Waals surface area contributed by atoms with Gasteiger partial charge in [-0.05, 0) is 51.0 Å². The van der Waals surface area contributed by atoms with E-state index < -0.39 is 5.60 Å². The highest BCUT2D eigenvalue weighted by molar-refractivity contribution is 5.97. The zero-order valence-corrected chi connectivity index (χ0v) is 14.6. The first-order valence-electron chi connectivity index (χ1n) is 8.47. The maximum Gasteiger partial charge on any atom is 0.410 e. The molecule has 2 amide bonds. The molecule has 0 aliphatic carbocycles. The van der Waals surface area contributed by atoms with Gasteiger partial charge in [0.15, 0.2) is 0 Å². The van der Waals surface area contributed by atoms with Crippen LogP contribution in [0.3, 0.4) is 0 Å². The molecule has 1 N–H and O–H groups in total. The fraction of sp³-hybridized carbons (Fsp3) is 0.556. The number of hydrogen-bond donors (Lipinski definition) is 1. The summed E-state index contributed by atoms with van der Waals surface area (Å²) in [6.07, 6.45) is 0.622. The van der Waals surface area contributed by atoms with Crippen LogP contribution in [-0.4, -0.2) is 55.2 Å². The number of rotatable bonds is 1. The molecule has 2 aliphatic rings. The molecule has 0 aromatic heterocycles. The lowest BCUT2D eigenvalue weighted by Gasteiger charge is -2.37. The lowest BCUT2D eigenvalue weighted by atomic mass is 9.99. The Labute approximate surface area is 142 Å². The van der Waals surface area contributed by atoms with Crippen LogP contribution >= 0.6 is 0 Å². The number of carbonyl (C=O) groups excluding carboxylic acids is 2. The number of carbonyl (C=O) groups is 2. The van der Waals surface area contributed by atoms with Gasteiger partial charge in [0.05, 0.1) is 0 Å². The van der Waals surface area contributed by atoms with Gasteiger partial charge in [-0.2, -0.15) is 0 Å². The number of amides is 2. The third-order valence-corrected chi connectivity index (χ3v) is 4.31. The van der Waals surface area contributed by atoms with Crippen molar-refractivity contribution in [3.8, 4) is 0 Å². The molecule has 1 saturated heterocycles. The summed E-state index contributed by atoms with van der Waals surface area (Å²) in [7, 11) is 0. The van der Waals surface area contributed by atoms with Gasteiger partial charge in [-0.1, -0.05) is 0 Å². The summed E-state index contributed by atoms with van der Waals surface area (Å²) in [5.41, 5.74) is 2.53. The van der Waals surface area contributed by atoms with Crippen LogP contribution in [0.15, 0.2) is 18.2 Å². The normalized spacial score (nSPS) is 18.0. The smallest absolute Gasteiger partial charge is 0.410 e. The predicted octanol–water partition coefficient (Wildman–Crippen LogP) is 2.03. The summed E-state index contributed by atoms with van der Waals surface area (Å²) >= 11 is 0. The van der Waals surface area contributed by atoms with Gasteiger partial charge in [-0.25, -0.2) is 4.79 Å². The van der Waals surface area contributed by atoms with E-state index in [0.29, 0.717) is 19.6 Å². The van der Waals surface area contributed by atoms with E-state index in [0.717, 1.165) is 36.3 Å². The molecule has 3 rings (SSSR count). The number of fused-ring (bicyclic) bond motifs is 1. The van der Waals surface area contributed by atoms with Crippen molar-refractivity contribution in [1.29, 1.82) is 0 Å². The van der Waals surface area contributed by atoms with Gasteiger partial charge in [-0.3, -0.25) is 4.79 Å². The van der Waals surface area contributed by atoms with Crippen molar-refractivity contribution < 1.29 is 14.3 Å². The van der Waals surface area contributed by atoms with Crippen LogP contribution in [0.5, 0.6) is 0 Å². The minimum atomic E-state index is -0.465. The van der Waals surface area contributed by atoms with E-state index in [2.05, 4.69) is 16.3 Å². The van der Waals surface area contributed by atoms with Crippen LogP contribution in [0.1, 0.15) is 36.7 Å². The summed E-state index contributed by atoms with van der Waals surface area (Å²) < 4.78 is 5.43. The van der Waals surface area contributed by atoms with E-state index in [4.69, 9.17) is 4.74 Å². The molecule has 0 saturated carbocycles. The Hall–Kier alpha value is -2.24. The monoisotopic (exact) mass is 331 g/mol. The van der Waals surface area contributed by atoms with Gasteiger partial charge in [0.2, 0.25) is 0 Å². The molecule has 130 valence electrons. The lowest BCUT2D eigenvalue weighted by molar-refractivity contribution is 0.0240. The number of anilines is 1. The molecule has 0 atom stereocenters. The Morgan fingerprint density at radius 1 is 1.17 bits per heavy atom. The van der Waals surface area contributed by atoms with E-state index in [1.807, 2.05) is 32.9 Å². The largest absolute Gasteiger partial charge is 0.444 e. The molecule has 24 heavy (non-hydrogen) atoms. The standard InChI is InChI=1S/C18H25N3O3/c1-18(2,3)24-17(23)21-10-8-20(9-11-21)14-4-5-15-13(12-14)6-7-19-16(15)22/h4-5,12H,6-11H2,1-3H3,(H,19,22).